The van der Waals surface area contributed by atoms with Crippen molar-refractivity contribution in [3.63, 3.8) is 0 Å². The topological polar surface area (TPSA) is 56.3 Å². The number of hydrogen-bond acceptors (Lipinski definition) is 5. The van der Waals surface area contributed by atoms with Crippen molar-refractivity contribution in [2.24, 2.45) is 5.92 Å². The largest absolute Gasteiger partial charge is 0.481 e. The fourth-order valence-electron chi connectivity index (χ4n) is 2.73. The summed E-state index contributed by atoms with van der Waals surface area (Å²) in [6.45, 7) is 4.32. The van der Waals surface area contributed by atoms with Crippen LogP contribution in [0.15, 0.2) is 18.3 Å². The Bertz CT molecular complexity index is 665. The zero-order valence-electron chi connectivity index (χ0n) is 12.8. The van der Waals surface area contributed by atoms with Crippen LogP contribution in [-0.4, -0.2) is 42.9 Å². The lowest BCUT2D eigenvalue weighted by Gasteiger charge is -2.15. The molecular formula is C16H20FN3O2. The number of aromatic nitrogens is 2. The second-order valence-electron chi connectivity index (χ2n) is 5.63. The summed E-state index contributed by atoms with van der Waals surface area (Å²) in [4.78, 5) is 8.42. The maximum Gasteiger partial charge on any atom is 0.213 e. The van der Waals surface area contributed by atoms with Gasteiger partial charge in [0.15, 0.2) is 0 Å². The van der Waals surface area contributed by atoms with E-state index in [0.717, 1.165) is 6.61 Å². The third-order valence-electron chi connectivity index (χ3n) is 4.10. The summed E-state index contributed by atoms with van der Waals surface area (Å²) >= 11 is 0. The van der Waals surface area contributed by atoms with Gasteiger partial charge in [-0.25, -0.2) is 9.37 Å². The van der Waals surface area contributed by atoms with Gasteiger partial charge in [0.25, 0.3) is 0 Å². The molecule has 0 saturated carbocycles. The van der Waals surface area contributed by atoms with Gasteiger partial charge in [0.1, 0.15) is 5.82 Å². The van der Waals surface area contributed by atoms with E-state index >= 15 is 0 Å². The fourth-order valence-corrected chi connectivity index (χ4v) is 2.73. The van der Waals surface area contributed by atoms with Gasteiger partial charge in [-0.1, -0.05) is 6.92 Å². The number of ether oxygens (including phenoxy) is 2. The van der Waals surface area contributed by atoms with Crippen molar-refractivity contribution >= 4 is 11.0 Å². The van der Waals surface area contributed by atoms with Crippen LogP contribution in [0.5, 0.6) is 5.88 Å². The number of nitrogens with zero attached hydrogens (tertiary/aromatic N) is 2. The standard InChI is InChI=1S/C16H20FN3O2/c1-10-8-22-9-14(10)18-6-5-11-12(17)7-19-13-3-4-15(21-2)20-16(11)13/h3-4,7,10,14,18H,5-6,8-9H2,1-2H3/t10-,14-/m0/s1. The third-order valence-corrected chi connectivity index (χ3v) is 4.10. The molecule has 1 N–H and O–H groups in total. The van der Waals surface area contributed by atoms with Crippen LogP contribution >= 0.6 is 0 Å². The van der Waals surface area contributed by atoms with E-state index in [9.17, 15) is 4.39 Å². The highest BCUT2D eigenvalue weighted by molar-refractivity contribution is 5.78. The summed E-state index contributed by atoms with van der Waals surface area (Å²) in [6.07, 6.45) is 1.81. The molecule has 1 aliphatic rings. The first-order chi connectivity index (χ1) is 10.7. The summed E-state index contributed by atoms with van der Waals surface area (Å²) in [5, 5.41) is 3.43. The molecule has 1 saturated heterocycles. The second-order valence-corrected chi connectivity index (χ2v) is 5.63. The van der Waals surface area contributed by atoms with Crippen molar-refractivity contribution < 1.29 is 13.9 Å². The minimum Gasteiger partial charge on any atom is -0.481 e. The summed E-state index contributed by atoms with van der Waals surface area (Å²) in [6, 6.07) is 3.86. The first-order valence-electron chi connectivity index (χ1n) is 7.48. The van der Waals surface area contributed by atoms with Crippen LogP contribution in [0.4, 0.5) is 4.39 Å². The molecule has 0 aromatic carbocycles. The summed E-state index contributed by atoms with van der Waals surface area (Å²) in [7, 11) is 1.55. The molecule has 3 heterocycles. The Morgan fingerprint density at radius 1 is 1.41 bits per heavy atom. The highest BCUT2D eigenvalue weighted by atomic mass is 19.1. The Labute approximate surface area is 128 Å². The van der Waals surface area contributed by atoms with Crippen LogP contribution < -0.4 is 10.1 Å². The zero-order chi connectivity index (χ0) is 15.5. The zero-order valence-corrected chi connectivity index (χ0v) is 12.8. The smallest absolute Gasteiger partial charge is 0.213 e. The average Bonchev–Trinajstić information content (AvgIpc) is 2.94. The lowest BCUT2D eigenvalue weighted by molar-refractivity contribution is 0.184. The molecule has 5 nitrogen and oxygen atoms in total. The summed E-state index contributed by atoms with van der Waals surface area (Å²) in [5.74, 6) is 0.620. The second kappa shape index (κ2) is 6.54. The molecule has 2 aromatic rings. The third kappa shape index (κ3) is 3.03. The quantitative estimate of drug-likeness (QED) is 0.915. The van der Waals surface area contributed by atoms with Crippen molar-refractivity contribution in [1.29, 1.82) is 0 Å². The molecule has 6 heteroatoms. The van der Waals surface area contributed by atoms with Gasteiger partial charge >= 0.3 is 0 Å². The number of nitrogens with one attached hydrogen (secondary N) is 1. The van der Waals surface area contributed by atoms with Crippen LogP contribution in [0.3, 0.4) is 0 Å². The minimum absolute atomic E-state index is 0.328. The molecule has 1 fully saturated rings. The highest BCUT2D eigenvalue weighted by Crippen LogP contribution is 2.21. The molecule has 0 spiro atoms. The van der Waals surface area contributed by atoms with E-state index in [-0.39, 0.29) is 5.82 Å². The molecule has 0 amide bonds. The van der Waals surface area contributed by atoms with Gasteiger partial charge in [0, 0.05) is 17.7 Å². The van der Waals surface area contributed by atoms with Crippen molar-refractivity contribution in [1.82, 2.24) is 15.3 Å². The van der Waals surface area contributed by atoms with Crippen molar-refractivity contribution in [3.05, 3.63) is 29.7 Å². The molecule has 0 aliphatic carbocycles. The van der Waals surface area contributed by atoms with Gasteiger partial charge in [-0.3, -0.25) is 4.98 Å². The predicted octanol–water partition coefficient (Wildman–Crippen LogP) is 1.94. The van der Waals surface area contributed by atoms with E-state index in [1.54, 1.807) is 19.2 Å². The first kappa shape index (κ1) is 15.1. The van der Waals surface area contributed by atoms with E-state index in [4.69, 9.17) is 9.47 Å². The summed E-state index contributed by atoms with van der Waals surface area (Å²) in [5.41, 5.74) is 1.81. The van der Waals surface area contributed by atoms with Gasteiger partial charge < -0.3 is 14.8 Å². The normalized spacial score (nSPS) is 21.4. The molecular weight excluding hydrogens is 285 g/mol. The molecule has 118 valence electrons. The van der Waals surface area contributed by atoms with Gasteiger partial charge in [-0.15, -0.1) is 0 Å². The molecule has 22 heavy (non-hydrogen) atoms. The first-order valence-corrected chi connectivity index (χ1v) is 7.48. The lowest BCUT2D eigenvalue weighted by atomic mass is 10.1. The van der Waals surface area contributed by atoms with Crippen LogP contribution in [0.1, 0.15) is 12.5 Å². The predicted molar refractivity (Wildman–Crippen MR) is 81.5 cm³/mol. The van der Waals surface area contributed by atoms with Crippen LogP contribution in [0.2, 0.25) is 0 Å². The van der Waals surface area contributed by atoms with Crippen LogP contribution in [0, 0.1) is 11.7 Å². The van der Waals surface area contributed by atoms with Gasteiger partial charge in [-0.05, 0) is 24.9 Å². The van der Waals surface area contributed by atoms with Crippen molar-refractivity contribution in [2.45, 2.75) is 19.4 Å². The Morgan fingerprint density at radius 3 is 3.00 bits per heavy atom. The van der Waals surface area contributed by atoms with Crippen LogP contribution in [0.25, 0.3) is 11.0 Å². The van der Waals surface area contributed by atoms with E-state index < -0.39 is 0 Å². The van der Waals surface area contributed by atoms with Crippen molar-refractivity contribution in [3.8, 4) is 5.88 Å². The number of rotatable bonds is 5. The Balaban J connectivity index is 1.78. The van der Waals surface area contributed by atoms with E-state index in [2.05, 4.69) is 22.2 Å². The van der Waals surface area contributed by atoms with Crippen molar-refractivity contribution in [2.75, 3.05) is 26.9 Å². The van der Waals surface area contributed by atoms with Gasteiger partial charge in [-0.2, -0.15) is 0 Å². The Kier molecular flexibility index (Phi) is 4.49. The van der Waals surface area contributed by atoms with Crippen LogP contribution in [-0.2, 0) is 11.2 Å². The number of hydrogen-bond donors (Lipinski definition) is 1. The molecule has 2 aromatic heterocycles. The van der Waals surface area contributed by atoms with E-state index in [1.807, 2.05) is 0 Å². The number of halogens is 1. The fraction of sp³-hybridized carbons (Fsp3) is 0.500. The Hall–Kier alpha value is -1.79. The SMILES string of the molecule is COc1ccc2ncc(F)c(CCN[C@H]3COC[C@@H]3C)c2n1. The summed E-state index contributed by atoms with van der Waals surface area (Å²) < 4.78 is 24.7. The van der Waals surface area contributed by atoms with Gasteiger partial charge in [0.05, 0.1) is 37.6 Å². The minimum atomic E-state index is -0.328. The number of pyridine rings is 2. The maximum absolute atomic E-state index is 14.1. The van der Waals surface area contributed by atoms with Gasteiger partial charge in [0.2, 0.25) is 5.88 Å². The average molecular weight is 305 g/mol. The molecule has 0 bridgehead atoms. The van der Waals surface area contributed by atoms with E-state index in [0.29, 0.717) is 54.0 Å². The number of fused-ring (bicyclic) bond motifs is 1. The molecule has 2 atom stereocenters. The molecule has 1 aliphatic heterocycles. The molecule has 0 radical (unpaired) electrons. The maximum atomic E-state index is 14.1. The Morgan fingerprint density at radius 2 is 2.27 bits per heavy atom. The lowest BCUT2D eigenvalue weighted by Crippen LogP contribution is -2.35. The van der Waals surface area contributed by atoms with E-state index in [1.165, 1.54) is 6.20 Å². The number of methoxy groups -OCH3 is 1. The molecule has 0 unspecified atom stereocenters. The highest BCUT2D eigenvalue weighted by Gasteiger charge is 2.23. The molecule has 3 rings (SSSR count). The monoisotopic (exact) mass is 305 g/mol.